The number of thiocarbonyl (C=S) groups is 1. The van der Waals surface area contributed by atoms with Gasteiger partial charge in [-0.1, -0.05) is 19.3 Å². The van der Waals surface area contributed by atoms with Gasteiger partial charge in [-0.05, 0) is 44.1 Å². The molecule has 0 aromatic carbocycles. The number of rotatable bonds is 1. The van der Waals surface area contributed by atoms with Gasteiger partial charge in [0.15, 0.2) is 5.11 Å². The van der Waals surface area contributed by atoms with Gasteiger partial charge in [0.2, 0.25) is 0 Å². The molecule has 3 rings (SSSR count). The number of fused-ring (bicyclic) bond motifs is 1. The zero-order chi connectivity index (χ0) is 13.2. The van der Waals surface area contributed by atoms with Crippen molar-refractivity contribution in [1.29, 1.82) is 0 Å². The van der Waals surface area contributed by atoms with Crippen LogP contribution in [0.25, 0.3) is 0 Å². The van der Waals surface area contributed by atoms with E-state index in [1.165, 1.54) is 37.8 Å². The summed E-state index contributed by atoms with van der Waals surface area (Å²) in [5, 5.41) is 4.54. The fourth-order valence-electron chi connectivity index (χ4n) is 3.36. The summed E-state index contributed by atoms with van der Waals surface area (Å²) < 4.78 is 2.34. The van der Waals surface area contributed by atoms with Gasteiger partial charge in [-0.3, -0.25) is 0 Å². The van der Waals surface area contributed by atoms with Gasteiger partial charge in [0.25, 0.3) is 0 Å². The molecule has 1 saturated carbocycles. The minimum Gasteiger partial charge on any atom is -0.360 e. The Labute approximate surface area is 121 Å². The molecule has 0 saturated heterocycles. The number of aromatic nitrogens is 1. The molecule has 1 aromatic heterocycles. The molecule has 104 valence electrons. The van der Waals surface area contributed by atoms with Crippen molar-refractivity contribution in [2.45, 2.75) is 57.7 Å². The van der Waals surface area contributed by atoms with E-state index in [-0.39, 0.29) is 0 Å². The lowest BCUT2D eigenvalue weighted by molar-refractivity contribution is 0.263. The van der Waals surface area contributed by atoms with Crippen LogP contribution in [0, 0.1) is 0 Å². The standard InChI is InChI=1S/C15H23N3S/c1-12-14-8-5-9-17(14)10-11-18(12)15(19)16-13-6-3-2-4-7-13/h5,8-9,12-13H,2-4,6-7,10-11H2,1H3,(H,16,19)/t12-/m1/s1. The Balaban J connectivity index is 1.64. The number of hydrogen-bond acceptors (Lipinski definition) is 1. The molecule has 2 heterocycles. The van der Waals surface area contributed by atoms with Crippen LogP contribution >= 0.6 is 12.2 Å². The Bertz CT molecular complexity index is 448. The van der Waals surface area contributed by atoms with Gasteiger partial charge in [-0.25, -0.2) is 0 Å². The maximum absolute atomic E-state index is 5.64. The van der Waals surface area contributed by atoms with Crippen molar-refractivity contribution in [3.63, 3.8) is 0 Å². The highest BCUT2D eigenvalue weighted by Crippen LogP contribution is 2.26. The first-order valence-electron chi connectivity index (χ1n) is 7.48. The number of hydrogen-bond donors (Lipinski definition) is 1. The van der Waals surface area contributed by atoms with Crippen LogP contribution in [0.15, 0.2) is 18.3 Å². The first-order chi connectivity index (χ1) is 9.25. The van der Waals surface area contributed by atoms with Gasteiger partial charge >= 0.3 is 0 Å². The average Bonchev–Trinajstić information content (AvgIpc) is 2.89. The Morgan fingerprint density at radius 1 is 1.26 bits per heavy atom. The SMILES string of the molecule is C[C@@H]1c2cccn2CCN1C(=S)NC1CCCCC1. The molecule has 0 unspecified atom stereocenters. The number of nitrogens with zero attached hydrogens (tertiary/aromatic N) is 2. The molecule has 19 heavy (non-hydrogen) atoms. The van der Waals surface area contributed by atoms with Crippen molar-refractivity contribution >= 4 is 17.3 Å². The smallest absolute Gasteiger partial charge is 0.169 e. The monoisotopic (exact) mass is 277 g/mol. The highest BCUT2D eigenvalue weighted by molar-refractivity contribution is 7.80. The summed E-state index contributed by atoms with van der Waals surface area (Å²) in [6.45, 7) is 4.31. The van der Waals surface area contributed by atoms with Crippen molar-refractivity contribution in [1.82, 2.24) is 14.8 Å². The zero-order valence-electron chi connectivity index (χ0n) is 11.6. The van der Waals surface area contributed by atoms with E-state index in [4.69, 9.17) is 12.2 Å². The quantitative estimate of drug-likeness (QED) is 0.797. The maximum Gasteiger partial charge on any atom is 0.169 e. The Morgan fingerprint density at radius 2 is 2.05 bits per heavy atom. The predicted molar refractivity (Wildman–Crippen MR) is 82.2 cm³/mol. The van der Waals surface area contributed by atoms with Crippen molar-refractivity contribution in [2.75, 3.05) is 6.54 Å². The Hall–Kier alpha value is -1.03. The van der Waals surface area contributed by atoms with Gasteiger partial charge in [0, 0.05) is 31.0 Å². The third kappa shape index (κ3) is 2.64. The molecule has 1 aromatic rings. The highest BCUT2D eigenvalue weighted by Gasteiger charge is 2.26. The lowest BCUT2D eigenvalue weighted by Crippen LogP contribution is -2.49. The van der Waals surface area contributed by atoms with Crippen molar-refractivity contribution < 1.29 is 0 Å². The van der Waals surface area contributed by atoms with Crippen LogP contribution in [0.5, 0.6) is 0 Å². The fraction of sp³-hybridized carbons (Fsp3) is 0.667. The van der Waals surface area contributed by atoms with Crippen molar-refractivity contribution in [3.05, 3.63) is 24.0 Å². The van der Waals surface area contributed by atoms with Crippen LogP contribution in [-0.4, -0.2) is 27.2 Å². The summed E-state index contributed by atoms with van der Waals surface area (Å²) >= 11 is 5.64. The van der Waals surface area contributed by atoms with Crippen LogP contribution in [0.3, 0.4) is 0 Å². The molecule has 1 N–H and O–H groups in total. The lowest BCUT2D eigenvalue weighted by atomic mass is 9.96. The first kappa shape index (κ1) is 13.0. The van der Waals surface area contributed by atoms with E-state index >= 15 is 0 Å². The van der Waals surface area contributed by atoms with Crippen LogP contribution in [0.1, 0.15) is 50.8 Å². The van der Waals surface area contributed by atoms with Crippen LogP contribution in [0.4, 0.5) is 0 Å². The van der Waals surface area contributed by atoms with E-state index in [0.717, 1.165) is 18.2 Å². The average molecular weight is 277 g/mol. The minimum absolute atomic E-state index is 0.382. The molecule has 4 heteroatoms. The van der Waals surface area contributed by atoms with Crippen molar-refractivity contribution in [2.24, 2.45) is 0 Å². The molecule has 0 amide bonds. The molecule has 1 atom stereocenters. The van der Waals surface area contributed by atoms with Gasteiger partial charge in [-0.15, -0.1) is 0 Å². The molecule has 1 aliphatic heterocycles. The van der Waals surface area contributed by atoms with E-state index in [0.29, 0.717) is 12.1 Å². The summed E-state index contributed by atoms with van der Waals surface area (Å²) in [7, 11) is 0. The van der Waals surface area contributed by atoms with E-state index in [1.54, 1.807) is 0 Å². The molecular weight excluding hydrogens is 254 g/mol. The number of nitrogens with one attached hydrogen (secondary N) is 1. The van der Waals surface area contributed by atoms with Crippen LogP contribution in [0.2, 0.25) is 0 Å². The highest BCUT2D eigenvalue weighted by atomic mass is 32.1. The Kier molecular flexibility index (Phi) is 3.78. The molecule has 0 spiro atoms. The van der Waals surface area contributed by atoms with E-state index in [2.05, 4.69) is 40.0 Å². The molecule has 0 radical (unpaired) electrons. The zero-order valence-corrected chi connectivity index (χ0v) is 12.5. The van der Waals surface area contributed by atoms with Crippen LogP contribution in [-0.2, 0) is 6.54 Å². The third-order valence-electron chi connectivity index (χ3n) is 4.54. The second kappa shape index (κ2) is 5.53. The Morgan fingerprint density at radius 3 is 2.84 bits per heavy atom. The van der Waals surface area contributed by atoms with Crippen molar-refractivity contribution in [3.8, 4) is 0 Å². The topological polar surface area (TPSA) is 20.2 Å². The van der Waals surface area contributed by atoms with Gasteiger partial charge in [-0.2, -0.15) is 0 Å². The fourth-order valence-corrected chi connectivity index (χ4v) is 3.78. The molecule has 0 bridgehead atoms. The molecular formula is C15H23N3S. The van der Waals surface area contributed by atoms with E-state index in [1.807, 2.05) is 0 Å². The van der Waals surface area contributed by atoms with Crippen LogP contribution < -0.4 is 5.32 Å². The maximum atomic E-state index is 5.64. The van der Waals surface area contributed by atoms with Gasteiger partial charge in [0.05, 0.1) is 6.04 Å². The summed E-state index contributed by atoms with van der Waals surface area (Å²) in [5.74, 6) is 0. The molecule has 3 nitrogen and oxygen atoms in total. The molecule has 2 aliphatic rings. The van der Waals surface area contributed by atoms with E-state index < -0.39 is 0 Å². The third-order valence-corrected chi connectivity index (χ3v) is 4.89. The predicted octanol–water partition coefficient (Wildman–Crippen LogP) is 3.07. The van der Waals surface area contributed by atoms with Gasteiger partial charge in [0.1, 0.15) is 0 Å². The largest absolute Gasteiger partial charge is 0.360 e. The lowest BCUT2D eigenvalue weighted by Gasteiger charge is -2.38. The summed E-state index contributed by atoms with van der Waals surface area (Å²) in [6.07, 6.45) is 8.80. The van der Waals surface area contributed by atoms with Gasteiger partial charge < -0.3 is 14.8 Å². The molecule has 1 aliphatic carbocycles. The first-order valence-corrected chi connectivity index (χ1v) is 7.88. The second-order valence-electron chi connectivity index (χ2n) is 5.78. The minimum atomic E-state index is 0.382. The molecule has 1 fully saturated rings. The summed E-state index contributed by atoms with van der Waals surface area (Å²) in [6, 6.07) is 5.32. The summed E-state index contributed by atoms with van der Waals surface area (Å²) in [4.78, 5) is 2.35. The normalized spacial score (nSPS) is 24.1. The summed E-state index contributed by atoms with van der Waals surface area (Å²) in [5.41, 5.74) is 1.37. The van der Waals surface area contributed by atoms with E-state index in [9.17, 15) is 0 Å². The second-order valence-corrected chi connectivity index (χ2v) is 6.17.